The van der Waals surface area contributed by atoms with Crippen molar-refractivity contribution in [1.29, 1.82) is 0 Å². The quantitative estimate of drug-likeness (QED) is 0.0271. The highest BCUT2D eigenvalue weighted by atomic mass is 16.7. The van der Waals surface area contributed by atoms with E-state index in [2.05, 4.69) is 31.3 Å². The molecule has 54 heavy (non-hydrogen) atoms. The lowest BCUT2D eigenvalue weighted by Gasteiger charge is -2.40. The maximum Gasteiger partial charge on any atom is 0.220 e. The standard InChI is InChI=1S/C45H85NO8/c1-3-5-7-9-11-13-14-15-16-17-18-19-20-21-22-23-24-25-27-29-31-33-35-41(49)46-38(39(48)34-32-30-28-26-12-10-8-6-4-2)37-53-45-44(52)43(51)42(50)40(36-47)54-45/h12,26,32,34,38-40,42-45,47-48,50-52H,3-11,13-25,27-31,33,35-37H2,1-2H3,(H,46,49)/b26-12+,34-32+. The summed E-state index contributed by atoms with van der Waals surface area (Å²) in [6, 6.07) is -0.814. The summed E-state index contributed by atoms with van der Waals surface area (Å²) in [5.41, 5.74) is 0. The van der Waals surface area contributed by atoms with Crippen LogP contribution < -0.4 is 5.32 Å². The Kier molecular flexibility index (Phi) is 33.8. The minimum atomic E-state index is -1.57. The van der Waals surface area contributed by atoms with Gasteiger partial charge in [-0.3, -0.25) is 4.79 Å². The molecule has 0 aliphatic carbocycles. The number of ether oxygens (including phenoxy) is 2. The molecule has 1 aliphatic heterocycles. The molecule has 7 unspecified atom stereocenters. The van der Waals surface area contributed by atoms with E-state index in [-0.39, 0.29) is 12.5 Å². The van der Waals surface area contributed by atoms with Crippen LogP contribution in [0.2, 0.25) is 0 Å². The number of carbonyl (C=O) groups is 1. The summed E-state index contributed by atoms with van der Waals surface area (Å²) in [5, 5.41) is 53.9. The van der Waals surface area contributed by atoms with Gasteiger partial charge in [0, 0.05) is 6.42 Å². The Labute approximate surface area is 330 Å². The van der Waals surface area contributed by atoms with E-state index in [1.807, 2.05) is 6.08 Å². The van der Waals surface area contributed by atoms with Gasteiger partial charge in [-0.15, -0.1) is 0 Å². The molecule has 318 valence electrons. The molecule has 7 atom stereocenters. The average molecular weight is 768 g/mol. The van der Waals surface area contributed by atoms with E-state index < -0.39 is 49.5 Å². The Balaban J connectivity index is 2.25. The Bertz CT molecular complexity index is 899. The van der Waals surface area contributed by atoms with E-state index in [9.17, 15) is 30.3 Å². The highest BCUT2D eigenvalue weighted by Gasteiger charge is 2.44. The first-order valence-corrected chi connectivity index (χ1v) is 22.6. The Morgan fingerprint density at radius 3 is 1.56 bits per heavy atom. The van der Waals surface area contributed by atoms with Gasteiger partial charge in [0.2, 0.25) is 5.91 Å². The van der Waals surface area contributed by atoms with Gasteiger partial charge >= 0.3 is 0 Å². The SMILES string of the molecule is CCCCC/C=C/CC/C=C/C(O)C(COC1OC(CO)C(O)C(O)C1O)NC(=O)CCCCCCCCCCCCCCCCCCCCCCCC. The Morgan fingerprint density at radius 2 is 1.06 bits per heavy atom. The van der Waals surface area contributed by atoms with Crippen molar-refractivity contribution >= 4 is 5.91 Å². The molecule has 9 nitrogen and oxygen atoms in total. The molecule has 0 aromatic carbocycles. The van der Waals surface area contributed by atoms with Crippen molar-refractivity contribution in [3.8, 4) is 0 Å². The molecule has 9 heteroatoms. The lowest BCUT2D eigenvalue weighted by molar-refractivity contribution is -0.302. The number of nitrogens with one attached hydrogen (secondary N) is 1. The third kappa shape index (κ3) is 26.5. The van der Waals surface area contributed by atoms with Crippen LogP contribution in [0.3, 0.4) is 0 Å². The van der Waals surface area contributed by atoms with Crippen molar-refractivity contribution in [2.45, 2.75) is 243 Å². The Morgan fingerprint density at radius 1 is 0.611 bits per heavy atom. The molecular weight excluding hydrogens is 682 g/mol. The van der Waals surface area contributed by atoms with E-state index in [1.54, 1.807) is 6.08 Å². The van der Waals surface area contributed by atoms with E-state index in [1.165, 1.54) is 141 Å². The smallest absolute Gasteiger partial charge is 0.220 e. The number of hydrogen-bond donors (Lipinski definition) is 6. The molecule has 1 saturated heterocycles. The van der Waals surface area contributed by atoms with Gasteiger partial charge in [0.25, 0.3) is 0 Å². The summed E-state index contributed by atoms with van der Waals surface area (Å²) in [5.74, 6) is -0.187. The zero-order chi connectivity index (χ0) is 39.5. The van der Waals surface area contributed by atoms with Gasteiger partial charge < -0.3 is 40.3 Å². The molecule has 0 bridgehead atoms. The molecule has 0 spiro atoms. The third-order valence-electron chi connectivity index (χ3n) is 10.8. The van der Waals surface area contributed by atoms with Gasteiger partial charge in [0.1, 0.15) is 24.4 Å². The zero-order valence-corrected chi connectivity index (χ0v) is 34.7. The fraction of sp³-hybridized carbons (Fsp3) is 0.889. The van der Waals surface area contributed by atoms with Crippen molar-refractivity contribution in [1.82, 2.24) is 5.32 Å². The van der Waals surface area contributed by atoms with Crippen LogP contribution in [0.1, 0.15) is 200 Å². The molecule has 0 aromatic heterocycles. The maximum atomic E-state index is 12.9. The first-order chi connectivity index (χ1) is 26.3. The van der Waals surface area contributed by atoms with E-state index in [0.717, 1.165) is 38.5 Å². The number of unbranched alkanes of at least 4 members (excludes halogenated alkanes) is 25. The van der Waals surface area contributed by atoms with Crippen molar-refractivity contribution in [3.63, 3.8) is 0 Å². The van der Waals surface area contributed by atoms with E-state index in [0.29, 0.717) is 6.42 Å². The lowest BCUT2D eigenvalue weighted by atomic mass is 9.99. The van der Waals surface area contributed by atoms with Crippen LogP contribution in [-0.4, -0.2) is 87.5 Å². The van der Waals surface area contributed by atoms with Crippen LogP contribution in [0.5, 0.6) is 0 Å². The molecule has 1 rings (SSSR count). The maximum absolute atomic E-state index is 12.9. The highest BCUT2D eigenvalue weighted by Crippen LogP contribution is 2.22. The largest absolute Gasteiger partial charge is 0.394 e. The second-order valence-electron chi connectivity index (χ2n) is 15.8. The summed E-state index contributed by atoms with van der Waals surface area (Å²) in [4.78, 5) is 12.9. The number of aliphatic hydroxyl groups is 5. The molecule has 0 radical (unpaired) electrons. The van der Waals surface area contributed by atoms with Crippen LogP contribution in [0.15, 0.2) is 24.3 Å². The molecule has 6 N–H and O–H groups in total. The number of allylic oxidation sites excluding steroid dienone is 3. The summed E-state index contributed by atoms with van der Waals surface area (Å²) >= 11 is 0. The summed E-state index contributed by atoms with van der Waals surface area (Å²) in [7, 11) is 0. The first kappa shape index (κ1) is 50.7. The topological polar surface area (TPSA) is 149 Å². The zero-order valence-electron chi connectivity index (χ0n) is 34.7. The van der Waals surface area contributed by atoms with Gasteiger partial charge in [0.05, 0.1) is 25.4 Å². The first-order valence-electron chi connectivity index (χ1n) is 22.6. The van der Waals surface area contributed by atoms with Crippen molar-refractivity contribution < 1.29 is 39.8 Å². The predicted molar refractivity (Wildman–Crippen MR) is 221 cm³/mol. The summed E-state index contributed by atoms with van der Waals surface area (Å²) in [6.07, 6.45) is 35.3. The minimum absolute atomic E-state index is 0.187. The van der Waals surface area contributed by atoms with Crippen molar-refractivity contribution in [2.75, 3.05) is 13.2 Å². The van der Waals surface area contributed by atoms with Crippen molar-refractivity contribution in [3.05, 3.63) is 24.3 Å². The monoisotopic (exact) mass is 768 g/mol. The van der Waals surface area contributed by atoms with E-state index >= 15 is 0 Å². The third-order valence-corrected chi connectivity index (χ3v) is 10.8. The number of amides is 1. The molecule has 1 aliphatic rings. The van der Waals surface area contributed by atoms with Gasteiger partial charge in [0.15, 0.2) is 6.29 Å². The summed E-state index contributed by atoms with van der Waals surface area (Å²) in [6.45, 7) is 3.71. The fourth-order valence-corrected chi connectivity index (χ4v) is 7.11. The normalized spacial score (nSPS) is 21.6. The second kappa shape index (κ2) is 36.0. The predicted octanol–water partition coefficient (Wildman–Crippen LogP) is 9.11. The van der Waals surface area contributed by atoms with E-state index in [4.69, 9.17) is 9.47 Å². The van der Waals surface area contributed by atoms with Gasteiger partial charge in [-0.2, -0.15) is 0 Å². The van der Waals surface area contributed by atoms with Gasteiger partial charge in [-0.1, -0.05) is 186 Å². The van der Waals surface area contributed by atoms with Crippen LogP contribution >= 0.6 is 0 Å². The Hall–Kier alpha value is -1.33. The van der Waals surface area contributed by atoms with Crippen LogP contribution in [-0.2, 0) is 14.3 Å². The van der Waals surface area contributed by atoms with Crippen LogP contribution in [0, 0.1) is 0 Å². The molecular formula is C45H85NO8. The minimum Gasteiger partial charge on any atom is -0.394 e. The fourth-order valence-electron chi connectivity index (χ4n) is 7.11. The number of carbonyl (C=O) groups excluding carboxylic acids is 1. The van der Waals surface area contributed by atoms with Crippen LogP contribution in [0.25, 0.3) is 0 Å². The number of aliphatic hydroxyl groups excluding tert-OH is 5. The van der Waals surface area contributed by atoms with Crippen molar-refractivity contribution in [2.24, 2.45) is 0 Å². The molecule has 1 amide bonds. The number of hydrogen-bond acceptors (Lipinski definition) is 8. The second-order valence-corrected chi connectivity index (χ2v) is 15.8. The number of rotatable bonds is 37. The molecule has 0 aromatic rings. The lowest BCUT2D eigenvalue weighted by Crippen LogP contribution is -2.60. The molecule has 1 heterocycles. The molecule has 0 saturated carbocycles. The highest BCUT2D eigenvalue weighted by molar-refractivity contribution is 5.76. The van der Waals surface area contributed by atoms with Gasteiger partial charge in [-0.25, -0.2) is 0 Å². The van der Waals surface area contributed by atoms with Crippen LogP contribution in [0.4, 0.5) is 0 Å². The van der Waals surface area contributed by atoms with Gasteiger partial charge in [-0.05, 0) is 32.1 Å². The average Bonchev–Trinajstić information content (AvgIpc) is 3.17. The summed E-state index contributed by atoms with van der Waals surface area (Å²) < 4.78 is 11.2. The molecule has 1 fully saturated rings.